The number of aryl methyl sites for hydroxylation is 2. The molecular weight excluding hydrogens is 272 g/mol. The van der Waals surface area contributed by atoms with Crippen LogP contribution in [0.2, 0.25) is 0 Å². The number of benzene rings is 1. The minimum absolute atomic E-state index is 0.171. The van der Waals surface area contributed by atoms with Crippen molar-refractivity contribution >= 4 is 11.0 Å². The minimum Gasteiger partial charge on any atom is -0.484 e. The van der Waals surface area contributed by atoms with Crippen molar-refractivity contribution in [1.29, 1.82) is 0 Å². The fraction of sp³-hybridized carbons (Fsp3) is 0.267. The van der Waals surface area contributed by atoms with Gasteiger partial charge in [-0.05, 0) is 31.0 Å². The van der Waals surface area contributed by atoms with E-state index in [0.717, 1.165) is 17.4 Å². The molecule has 0 radical (unpaired) electrons. The quantitative estimate of drug-likeness (QED) is 0.686. The first-order valence-corrected chi connectivity index (χ1v) is 6.64. The molecule has 21 heavy (non-hydrogen) atoms. The minimum atomic E-state index is -0.357. The predicted molar refractivity (Wildman–Crippen MR) is 75.2 cm³/mol. The van der Waals surface area contributed by atoms with E-state index in [2.05, 4.69) is 10.1 Å². The summed E-state index contributed by atoms with van der Waals surface area (Å²) in [5, 5.41) is 4.60. The maximum absolute atomic E-state index is 11.5. The maximum atomic E-state index is 11.5. The van der Waals surface area contributed by atoms with Gasteiger partial charge in [0.05, 0.1) is 0 Å². The van der Waals surface area contributed by atoms with Crippen LogP contribution in [0.1, 0.15) is 24.2 Å². The van der Waals surface area contributed by atoms with Crippen LogP contribution >= 0.6 is 0 Å². The molecule has 2 heterocycles. The molecule has 6 nitrogen and oxygen atoms in total. The van der Waals surface area contributed by atoms with Crippen molar-refractivity contribution in [3.05, 3.63) is 52.0 Å². The fourth-order valence-corrected chi connectivity index (χ4v) is 2.14. The van der Waals surface area contributed by atoms with Gasteiger partial charge in [0.15, 0.2) is 12.4 Å². The highest BCUT2D eigenvalue weighted by Crippen LogP contribution is 2.23. The summed E-state index contributed by atoms with van der Waals surface area (Å²) in [4.78, 5) is 15.6. The molecule has 1 aromatic carbocycles. The first-order valence-electron chi connectivity index (χ1n) is 6.64. The molecule has 0 unspecified atom stereocenters. The van der Waals surface area contributed by atoms with Crippen LogP contribution in [0.25, 0.3) is 11.0 Å². The van der Waals surface area contributed by atoms with E-state index >= 15 is 0 Å². The molecule has 108 valence electrons. The normalized spacial score (nSPS) is 11.0. The zero-order chi connectivity index (χ0) is 14.8. The smallest absolute Gasteiger partial charge is 0.336 e. The molecule has 0 bridgehead atoms. The summed E-state index contributed by atoms with van der Waals surface area (Å²) in [6.45, 7) is 3.91. The Morgan fingerprint density at radius 1 is 1.29 bits per heavy atom. The summed E-state index contributed by atoms with van der Waals surface area (Å²) >= 11 is 0. The van der Waals surface area contributed by atoms with E-state index in [0.29, 0.717) is 23.0 Å². The Kier molecular flexibility index (Phi) is 3.43. The monoisotopic (exact) mass is 286 g/mol. The average molecular weight is 286 g/mol. The topological polar surface area (TPSA) is 78.4 Å². The molecule has 0 amide bonds. The highest BCUT2D eigenvalue weighted by molar-refractivity contribution is 5.81. The molecule has 0 spiro atoms. The molecular formula is C15H14N2O4. The van der Waals surface area contributed by atoms with Crippen LogP contribution in [0.4, 0.5) is 0 Å². The second-order valence-electron chi connectivity index (χ2n) is 4.63. The Hall–Kier alpha value is -2.63. The zero-order valence-corrected chi connectivity index (χ0v) is 11.8. The SMILES string of the molecule is CCc1cc(=O)oc2cc(OCc3nc(C)no3)ccc12. The van der Waals surface area contributed by atoms with Crippen LogP contribution in [-0.4, -0.2) is 10.1 Å². The summed E-state index contributed by atoms with van der Waals surface area (Å²) in [7, 11) is 0. The van der Waals surface area contributed by atoms with E-state index in [4.69, 9.17) is 13.7 Å². The van der Waals surface area contributed by atoms with Gasteiger partial charge in [-0.1, -0.05) is 12.1 Å². The van der Waals surface area contributed by atoms with Crippen molar-refractivity contribution in [2.45, 2.75) is 26.9 Å². The van der Waals surface area contributed by atoms with Crippen LogP contribution in [0.3, 0.4) is 0 Å². The number of rotatable bonds is 4. The molecule has 3 rings (SSSR count). The van der Waals surface area contributed by atoms with E-state index < -0.39 is 0 Å². The van der Waals surface area contributed by atoms with Gasteiger partial charge in [0.2, 0.25) is 0 Å². The maximum Gasteiger partial charge on any atom is 0.336 e. The Labute approximate surface area is 120 Å². The molecule has 0 saturated carbocycles. The lowest BCUT2D eigenvalue weighted by Crippen LogP contribution is -2.00. The van der Waals surface area contributed by atoms with Crippen molar-refractivity contribution in [2.75, 3.05) is 0 Å². The molecule has 0 fully saturated rings. The second kappa shape index (κ2) is 5.40. The average Bonchev–Trinajstić information content (AvgIpc) is 2.89. The molecule has 0 saturated heterocycles. The van der Waals surface area contributed by atoms with Crippen LogP contribution < -0.4 is 10.4 Å². The zero-order valence-electron chi connectivity index (χ0n) is 11.8. The lowest BCUT2D eigenvalue weighted by molar-refractivity contribution is 0.242. The third-order valence-corrected chi connectivity index (χ3v) is 3.11. The number of ether oxygens (including phenoxy) is 1. The summed E-state index contributed by atoms with van der Waals surface area (Å²) in [6, 6.07) is 6.92. The highest BCUT2D eigenvalue weighted by atomic mass is 16.5. The van der Waals surface area contributed by atoms with Gasteiger partial charge >= 0.3 is 5.63 Å². The number of hydrogen-bond acceptors (Lipinski definition) is 6. The lowest BCUT2D eigenvalue weighted by atomic mass is 10.1. The second-order valence-corrected chi connectivity index (χ2v) is 4.63. The van der Waals surface area contributed by atoms with Gasteiger partial charge in [0.1, 0.15) is 11.3 Å². The Bertz CT molecular complexity index is 835. The van der Waals surface area contributed by atoms with E-state index in [1.807, 2.05) is 19.1 Å². The number of fused-ring (bicyclic) bond motifs is 1. The van der Waals surface area contributed by atoms with E-state index in [1.165, 1.54) is 6.07 Å². The van der Waals surface area contributed by atoms with Gasteiger partial charge in [-0.3, -0.25) is 0 Å². The van der Waals surface area contributed by atoms with Gasteiger partial charge < -0.3 is 13.7 Å². The molecule has 0 aliphatic carbocycles. The van der Waals surface area contributed by atoms with Crippen molar-refractivity contribution in [3.8, 4) is 5.75 Å². The largest absolute Gasteiger partial charge is 0.484 e. The van der Waals surface area contributed by atoms with Crippen molar-refractivity contribution < 1.29 is 13.7 Å². The van der Waals surface area contributed by atoms with Crippen LogP contribution in [0.15, 0.2) is 38.0 Å². The number of hydrogen-bond donors (Lipinski definition) is 0. The summed E-state index contributed by atoms with van der Waals surface area (Å²) in [6.07, 6.45) is 0.767. The summed E-state index contributed by atoms with van der Waals surface area (Å²) < 4.78 is 15.8. The third kappa shape index (κ3) is 2.79. The van der Waals surface area contributed by atoms with E-state index in [-0.39, 0.29) is 12.2 Å². The molecule has 0 aliphatic rings. The van der Waals surface area contributed by atoms with Gasteiger partial charge in [-0.25, -0.2) is 4.79 Å². The number of aromatic nitrogens is 2. The first kappa shape index (κ1) is 13.4. The van der Waals surface area contributed by atoms with Crippen LogP contribution in [-0.2, 0) is 13.0 Å². The highest BCUT2D eigenvalue weighted by Gasteiger charge is 2.07. The van der Waals surface area contributed by atoms with E-state index in [1.54, 1.807) is 13.0 Å². The van der Waals surface area contributed by atoms with Gasteiger partial charge in [-0.15, -0.1) is 0 Å². The van der Waals surface area contributed by atoms with Crippen molar-refractivity contribution in [1.82, 2.24) is 10.1 Å². The molecule has 2 aromatic heterocycles. The molecule has 0 N–H and O–H groups in total. The third-order valence-electron chi connectivity index (χ3n) is 3.11. The van der Waals surface area contributed by atoms with Crippen LogP contribution in [0.5, 0.6) is 5.75 Å². The molecule has 6 heteroatoms. The van der Waals surface area contributed by atoms with Gasteiger partial charge in [0.25, 0.3) is 5.89 Å². The summed E-state index contributed by atoms with van der Waals surface area (Å²) in [5.41, 5.74) is 1.11. The van der Waals surface area contributed by atoms with Gasteiger partial charge in [-0.2, -0.15) is 4.98 Å². The summed E-state index contributed by atoms with van der Waals surface area (Å²) in [5.74, 6) is 1.54. The Morgan fingerprint density at radius 3 is 2.86 bits per heavy atom. The lowest BCUT2D eigenvalue weighted by Gasteiger charge is -2.06. The molecule has 3 aromatic rings. The molecule has 0 aliphatic heterocycles. The van der Waals surface area contributed by atoms with Crippen LogP contribution in [0, 0.1) is 6.92 Å². The predicted octanol–water partition coefficient (Wildman–Crippen LogP) is 2.63. The number of nitrogens with zero attached hydrogens (tertiary/aromatic N) is 2. The molecule has 0 atom stereocenters. The van der Waals surface area contributed by atoms with Crippen molar-refractivity contribution in [3.63, 3.8) is 0 Å². The van der Waals surface area contributed by atoms with Gasteiger partial charge in [0, 0.05) is 17.5 Å². The Morgan fingerprint density at radius 2 is 2.14 bits per heavy atom. The van der Waals surface area contributed by atoms with Crippen molar-refractivity contribution in [2.24, 2.45) is 0 Å². The fourth-order valence-electron chi connectivity index (χ4n) is 2.14. The first-order chi connectivity index (χ1) is 10.2. The van der Waals surface area contributed by atoms with E-state index in [9.17, 15) is 4.79 Å². The standard InChI is InChI=1S/C15H14N2O4/c1-3-10-6-15(18)20-13-7-11(4-5-12(10)13)19-8-14-16-9(2)17-21-14/h4-7H,3,8H2,1-2H3. The Balaban J connectivity index is 1.88.